The van der Waals surface area contributed by atoms with Crippen LogP contribution in [0, 0.1) is 6.92 Å². The van der Waals surface area contributed by atoms with Crippen LogP contribution in [0.3, 0.4) is 0 Å². The quantitative estimate of drug-likeness (QED) is 0.705. The molecule has 0 aliphatic carbocycles. The number of allylic oxidation sites excluding steroid dienone is 2. The van der Waals surface area contributed by atoms with Gasteiger partial charge in [0, 0.05) is 10.6 Å². The van der Waals surface area contributed by atoms with Gasteiger partial charge in [-0.3, -0.25) is 0 Å². The number of aromatic hydroxyl groups is 1. The van der Waals surface area contributed by atoms with Gasteiger partial charge in [0.05, 0.1) is 0 Å². The molecule has 0 fully saturated rings. The van der Waals surface area contributed by atoms with Gasteiger partial charge in [0.2, 0.25) is 0 Å². The summed E-state index contributed by atoms with van der Waals surface area (Å²) in [6.07, 6.45) is 1.69. The summed E-state index contributed by atoms with van der Waals surface area (Å²) in [6, 6.07) is 4.94. The average molecular weight is 182 g/mol. The molecule has 0 spiro atoms. The van der Waals surface area contributed by atoms with Gasteiger partial charge in [-0.05, 0) is 37.6 Å². The third-order valence-electron chi connectivity index (χ3n) is 1.69. The minimum atomic E-state index is 0.233. The number of benzene rings is 1. The number of phenols is 1. The van der Waals surface area contributed by atoms with Crippen LogP contribution in [-0.4, -0.2) is 5.11 Å². The van der Waals surface area contributed by atoms with E-state index in [-0.39, 0.29) is 5.75 Å². The maximum atomic E-state index is 9.41. The number of hydrogen-bond acceptors (Lipinski definition) is 1. The second-order valence-electron chi connectivity index (χ2n) is 2.55. The number of phenolic OH excluding ortho intramolecular Hbond substituents is 1. The van der Waals surface area contributed by atoms with Gasteiger partial charge in [0.1, 0.15) is 5.75 Å². The Kier molecular flexibility index (Phi) is 2.77. The van der Waals surface area contributed by atoms with E-state index < -0.39 is 0 Å². The van der Waals surface area contributed by atoms with E-state index in [1.807, 2.05) is 6.92 Å². The molecule has 1 nitrogen and oxygen atoms in total. The molecule has 0 unspecified atom stereocenters. The second kappa shape index (κ2) is 3.63. The molecule has 0 aliphatic heterocycles. The number of hydrogen-bond donors (Lipinski definition) is 1. The molecule has 2 heteroatoms. The standard InChI is InChI=1S/C10H10ClO/c1-3-7(2)9-6-8(11)4-5-10(9)12/h3-6,12H,1H2,2H3. The van der Waals surface area contributed by atoms with Crippen molar-refractivity contribution in [2.24, 2.45) is 0 Å². The van der Waals surface area contributed by atoms with Crippen molar-refractivity contribution < 1.29 is 5.11 Å². The highest BCUT2D eigenvalue weighted by atomic mass is 35.5. The monoisotopic (exact) mass is 181 g/mol. The van der Waals surface area contributed by atoms with E-state index in [4.69, 9.17) is 11.6 Å². The summed E-state index contributed by atoms with van der Waals surface area (Å²) in [4.78, 5) is 0. The fourth-order valence-corrected chi connectivity index (χ4v) is 1.11. The van der Waals surface area contributed by atoms with E-state index in [0.29, 0.717) is 5.02 Å². The van der Waals surface area contributed by atoms with Crippen LogP contribution in [0.2, 0.25) is 5.02 Å². The van der Waals surface area contributed by atoms with Crippen LogP contribution < -0.4 is 0 Å². The largest absolute Gasteiger partial charge is 0.507 e. The fraction of sp³-hybridized carbons (Fsp3) is 0.100. The van der Waals surface area contributed by atoms with Crippen molar-refractivity contribution in [2.45, 2.75) is 6.92 Å². The van der Waals surface area contributed by atoms with E-state index >= 15 is 0 Å². The molecule has 1 rings (SSSR count). The van der Waals surface area contributed by atoms with Gasteiger partial charge in [-0.1, -0.05) is 17.7 Å². The lowest BCUT2D eigenvalue weighted by Crippen LogP contribution is -1.80. The van der Waals surface area contributed by atoms with Gasteiger partial charge in [0.15, 0.2) is 0 Å². The predicted octanol–water partition coefficient (Wildman–Crippen LogP) is 3.28. The van der Waals surface area contributed by atoms with Crippen LogP contribution in [0.25, 0.3) is 5.57 Å². The molecule has 0 atom stereocenters. The van der Waals surface area contributed by atoms with E-state index in [9.17, 15) is 5.11 Å². The lowest BCUT2D eigenvalue weighted by atomic mass is 10.1. The Hall–Kier alpha value is -0.950. The van der Waals surface area contributed by atoms with Gasteiger partial charge in [-0.15, -0.1) is 0 Å². The summed E-state index contributed by atoms with van der Waals surface area (Å²) in [6.45, 7) is 5.49. The minimum Gasteiger partial charge on any atom is -0.507 e. The van der Waals surface area contributed by atoms with E-state index in [2.05, 4.69) is 6.92 Å². The SMILES string of the molecule is [CH2]C=C(C)c1cc(Cl)ccc1O. The molecular weight excluding hydrogens is 172 g/mol. The normalized spacial score (nSPS) is 11.8. The molecule has 0 saturated heterocycles. The van der Waals surface area contributed by atoms with Gasteiger partial charge in [0.25, 0.3) is 0 Å². The van der Waals surface area contributed by atoms with E-state index in [1.54, 1.807) is 24.3 Å². The van der Waals surface area contributed by atoms with Crippen LogP contribution in [0.1, 0.15) is 12.5 Å². The Morgan fingerprint density at radius 2 is 2.25 bits per heavy atom. The van der Waals surface area contributed by atoms with Crippen molar-refractivity contribution in [3.63, 3.8) is 0 Å². The topological polar surface area (TPSA) is 20.2 Å². The molecular formula is C10H10ClO. The average Bonchev–Trinajstić information content (AvgIpc) is 2.08. The van der Waals surface area contributed by atoms with Crippen molar-refractivity contribution in [3.8, 4) is 5.75 Å². The highest BCUT2D eigenvalue weighted by molar-refractivity contribution is 6.30. The third kappa shape index (κ3) is 1.80. The number of rotatable bonds is 1. The van der Waals surface area contributed by atoms with Crippen molar-refractivity contribution in [3.05, 3.63) is 41.8 Å². The first-order chi connectivity index (χ1) is 5.65. The van der Waals surface area contributed by atoms with Crippen LogP contribution in [0.4, 0.5) is 0 Å². The van der Waals surface area contributed by atoms with Crippen LogP contribution in [0.5, 0.6) is 5.75 Å². The van der Waals surface area contributed by atoms with Crippen LogP contribution in [-0.2, 0) is 0 Å². The van der Waals surface area contributed by atoms with Gasteiger partial charge in [-0.2, -0.15) is 0 Å². The van der Waals surface area contributed by atoms with Crippen molar-refractivity contribution >= 4 is 17.2 Å². The molecule has 0 heterocycles. The van der Waals surface area contributed by atoms with Crippen molar-refractivity contribution in [1.29, 1.82) is 0 Å². The van der Waals surface area contributed by atoms with Gasteiger partial charge in [-0.25, -0.2) is 0 Å². The second-order valence-corrected chi connectivity index (χ2v) is 2.99. The van der Waals surface area contributed by atoms with Crippen LogP contribution in [0.15, 0.2) is 24.3 Å². The van der Waals surface area contributed by atoms with Gasteiger partial charge < -0.3 is 5.11 Å². The minimum absolute atomic E-state index is 0.233. The Morgan fingerprint density at radius 3 is 2.83 bits per heavy atom. The molecule has 0 saturated carbocycles. The molecule has 0 amide bonds. The lowest BCUT2D eigenvalue weighted by Gasteiger charge is -2.04. The van der Waals surface area contributed by atoms with E-state index in [1.165, 1.54) is 0 Å². The maximum Gasteiger partial charge on any atom is 0.123 e. The van der Waals surface area contributed by atoms with Crippen molar-refractivity contribution in [2.75, 3.05) is 0 Å². The van der Waals surface area contributed by atoms with E-state index in [0.717, 1.165) is 11.1 Å². The third-order valence-corrected chi connectivity index (χ3v) is 1.92. The highest BCUT2D eigenvalue weighted by Gasteiger charge is 2.02. The summed E-state index contributed by atoms with van der Waals surface area (Å²) in [5, 5.41) is 10.0. The maximum absolute atomic E-state index is 9.41. The summed E-state index contributed by atoms with van der Waals surface area (Å²) >= 11 is 5.76. The Labute approximate surface area is 77.3 Å². The zero-order valence-corrected chi connectivity index (χ0v) is 7.60. The Balaban J connectivity index is 3.23. The molecule has 0 aliphatic rings. The lowest BCUT2D eigenvalue weighted by molar-refractivity contribution is 0.473. The Bertz CT molecular complexity index is 316. The van der Waals surface area contributed by atoms with Crippen molar-refractivity contribution in [1.82, 2.24) is 0 Å². The molecule has 1 radical (unpaired) electrons. The molecule has 0 aromatic heterocycles. The zero-order valence-electron chi connectivity index (χ0n) is 6.84. The van der Waals surface area contributed by atoms with Crippen LogP contribution >= 0.6 is 11.6 Å². The molecule has 0 bridgehead atoms. The fourth-order valence-electron chi connectivity index (χ4n) is 0.934. The first-order valence-electron chi connectivity index (χ1n) is 3.60. The molecule has 1 N–H and O–H groups in total. The molecule has 1 aromatic rings. The molecule has 1 aromatic carbocycles. The Morgan fingerprint density at radius 1 is 1.58 bits per heavy atom. The summed E-state index contributed by atoms with van der Waals surface area (Å²) in [5.74, 6) is 0.233. The summed E-state index contributed by atoms with van der Waals surface area (Å²) < 4.78 is 0. The summed E-state index contributed by atoms with van der Waals surface area (Å²) in [5.41, 5.74) is 1.65. The molecule has 63 valence electrons. The first kappa shape index (κ1) is 9.14. The first-order valence-corrected chi connectivity index (χ1v) is 3.98. The smallest absolute Gasteiger partial charge is 0.123 e. The predicted molar refractivity (Wildman–Crippen MR) is 52.1 cm³/mol. The highest BCUT2D eigenvalue weighted by Crippen LogP contribution is 2.27. The summed E-state index contributed by atoms with van der Waals surface area (Å²) in [7, 11) is 0. The zero-order chi connectivity index (χ0) is 9.14. The number of halogens is 1. The van der Waals surface area contributed by atoms with Gasteiger partial charge >= 0.3 is 0 Å². The molecule has 12 heavy (non-hydrogen) atoms.